The predicted octanol–water partition coefficient (Wildman–Crippen LogP) is 1.89. The van der Waals surface area contributed by atoms with Gasteiger partial charge >= 0.3 is 5.69 Å². The zero-order valence-electron chi connectivity index (χ0n) is 10.2. The number of furan rings is 1. The van der Waals surface area contributed by atoms with Crippen LogP contribution < -0.4 is 5.73 Å². The fourth-order valence-electron chi connectivity index (χ4n) is 1.78. The molecule has 7 heteroatoms. The zero-order valence-corrected chi connectivity index (χ0v) is 10.2. The molecule has 0 spiro atoms. The van der Waals surface area contributed by atoms with Crippen LogP contribution in [0.4, 0.5) is 11.5 Å². The Labute approximate surface area is 103 Å². The maximum absolute atomic E-state index is 10.8. The third-order valence-electron chi connectivity index (χ3n) is 2.69. The molecule has 7 nitrogen and oxygen atoms in total. The Bertz CT molecular complexity index is 585. The summed E-state index contributed by atoms with van der Waals surface area (Å²) in [6.45, 7) is 3.84. The average Bonchev–Trinajstić information content (AvgIpc) is 2.85. The Morgan fingerprint density at radius 2 is 2.17 bits per heavy atom. The molecular formula is C11H14N4O3. The Morgan fingerprint density at radius 3 is 2.67 bits per heavy atom. The number of nitrogens with zero attached hydrogens (tertiary/aromatic N) is 3. The molecule has 0 atom stereocenters. The van der Waals surface area contributed by atoms with Gasteiger partial charge in [0.25, 0.3) is 0 Å². The summed E-state index contributed by atoms with van der Waals surface area (Å²) in [5.74, 6) is 1.59. The Kier molecular flexibility index (Phi) is 3.05. The maximum atomic E-state index is 10.8. The van der Waals surface area contributed by atoms with Crippen molar-refractivity contribution in [3.05, 3.63) is 39.5 Å². The van der Waals surface area contributed by atoms with E-state index in [1.165, 1.54) is 4.68 Å². The third-order valence-corrected chi connectivity index (χ3v) is 2.69. The van der Waals surface area contributed by atoms with Crippen LogP contribution in [0.3, 0.4) is 0 Å². The van der Waals surface area contributed by atoms with Crippen molar-refractivity contribution in [2.24, 2.45) is 0 Å². The summed E-state index contributed by atoms with van der Waals surface area (Å²) in [5.41, 5.74) is 5.87. The normalized spacial score (nSPS) is 10.8. The molecule has 0 saturated heterocycles. The van der Waals surface area contributed by atoms with Crippen LogP contribution >= 0.6 is 0 Å². The minimum Gasteiger partial charge on any atom is -0.464 e. The largest absolute Gasteiger partial charge is 0.464 e. The van der Waals surface area contributed by atoms with E-state index in [9.17, 15) is 10.1 Å². The van der Waals surface area contributed by atoms with Crippen LogP contribution in [-0.2, 0) is 13.0 Å². The smallest absolute Gasteiger partial charge is 0.333 e. The number of nitrogen functional groups attached to an aromatic ring is 1. The number of aromatic nitrogens is 2. The van der Waals surface area contributed by atoms with Gasteiger partial charge in [-0.05, 0) is 19.1 Å². The molecule has 0 fully saturated rings. The van der Waals surface area contributed by atoms with Gasteiger partial charge in [-0.15, -0.1) is 0 Å². The zero-order chi connectivity index (χ0) is 13.3. The van der Waals surface area contributed by atoms with Crippen molar-refractivity contribution in [1.82, 2.24) is 9.78 Å². The van der Waals surface area contributed by atoms with Gasteiger partial charge in [0.05, 0.1) is 4.92 Å². The van der Waals surface area contributed by atoms with Crippen molar-refractivity contribution in [2.75, 3.05) is 5.73 Å². The second kappa shape index (κ2) is 4.52. The summed E-state index contributed by atoms with van der Waals surface area (Å²) in [4.78, 5) is 10.3. The monoisotopic (exact) mass is 250 g/mol. The first kappa shape index (κ1) is 12.2. The lowest BCUT2D eigenvalue weighted by molar-refractivity contribution is -0.384. The molecule has 2 N–H and O–H groups in total. The highest BCUT2D eigenvalue weighted by molar-refractivity contribution is 5.56. The van der Waals surface area contributed by atoms with Crippen LogP contribution in [0.25, 0.3) is 0 Å². The van der Waals surface area contributed by atoms with Gasteiger partial charge in [0.15, 0.2) is 0 Å². The number of nitrogens with two attached hydrogens (primary N) is 1. The molecule has 0 aliphatic heterocycles. The van der Waals surface area contributed by atoms with E-state index in [1.54, 1.807) is 6.92 Å². The highest BCUT2D eigenvalue weighted by Gasteiger charge is 2.23. The lowest BCUT2D eigenvalue weighted by Crippen LogP contribution is -2.06. The molecular weight excluding hydrogens is 236 g/mol. The van der Waals surface area contributed by atoms with Crippen molar-refractivity contribution in [3.63, 3.8) is 0 Å². The number of anilines is 1. The standard InChI is InChI=1S/C11H14N4O3/c1-3-8-4-5-9(18-8)6-14-11(12)10(15(16)17)7(2)13-14/h4-5H,3,6,12H2,1-2H3. The Balaban J connectivity index is 2.29. The van der Waals surface area contributed by atoms with E-state index < -0.39 is 4.92 Å². The van der Waals surface area contributed by atoms with Crippen molar-refractivity contribution < 1.29 is 9.34 Å². The highest BCUT2D eigenvalue weighted by atomic mass is 16.6. The van der Waals surface area contributed by atoms with Crippen LogP contribution in [0.5, 0.6) is 0 Å². The first-order valence-electron chi connectivity index (χ1n) is 5.57. The van der Waals surface area contributed by atoms with E-state index in [2.05, 4.69) is 5.10 Å². The molecule has 0 aliphatic rings. The second-order valence-corrected chi connectivity index (χ2v) is 3.96. The molecule has 2 heterocycles. The van der Waals surface area contributed by atoms with Crippen LogP contribution in [0.15, 0.2) is 16.5 Å². The highest BCUT2D eigenvalue weighted by Crippen LogP contribution is 2.25. The van der Waals surface area contributed by atoms with Crippen molar-refractivity contribution in [2.45, 2.75) is 26.8 Å². The summed E-state index contributed by atoms with van der Waals surface area (Å²) in [5, 5.41) is 14.9. The second-order valence-electron chi connectivity index (χ2n) is 3.96. The first-order chi connectivity index (χ1) is 8.52. The van der Waals surface area contributed by atoms with Gasteiger partial charge in [0.1, 0.15) is 23.8 Å². The van der Waals surface area contributed by atoms with E-state index in [0.717, 1.165) is 12.2 Å². The summed E-state index contributed by atoms with van der Waals surface area (Å²) in [6.07, 6.45) is 0.799. The molecule has 0 saturated carbocycles. The fourth-order valence-corrected chi connectivity index (χ4v) is 1.78. The molecule has 2 rings (SSSR count). The van der Waals surface area contributed by atoms with E-state index >= 15 is 0 Å². The molecule has 0 radical (unpaired) electrons. The van der Waals surface area contributed by atoms with Crippen LogP contribution in [0.2, 0.25) is 0 Å². The summed E-state index contributed by atoms with van der Waals surface area (Å²) >= 11 is 0. The van der Waals surface area contributed by atoms with E-state index in [-0.39, 0.29) is 11.5 Å². The summed E-state index contributed by atoms with van der Waals surface area (Å²) < 4.78 is 6.90. The maximum Gasteiger partial charge on any atom is 0.333 e. The van der Waals surface area contributed by atoms with Crippen LogP contribution in [-0.4, -0.2) is 14.7 Å². The van der Waals surface area contributed by atoms with Crippen LogP contribution in [0, 0.1) is 17.0 Å². The summed E-state index contributed by atoms with van der Waals surface area (Å²) in [6, 6.07) is 3.69. The lowest BCUT2D eigenvalue weighted by Gasteiger charge is -2.00. The van der Waals surface area contributed by atoms with Gasteiger partial charge in [0.2, 0.25) is 5.82 Å². The Hall–Kier alpha value is -2.31. The summed E-state index contributed by atoms with van der Waals surface area (Å²) in [7, 11) is 0. The SMILES string of the molecule is CCc1ccc(Cn2nc(C)c([N+](=O)[O-])c2N)o1. The number of hydrogen-bond acceptors (Lipinski definition) is 5. The van der Waals surface area contributed by atoms with Gasteiger partial charge in [0, 0.05) is 6.42 Å². The number of rotatable bonds is 4. The first-order valence-corrected chi connectivity index (χ1v) is 5.57. The average molecular weight is 250 g/mol. The topological polar surface area (TPSA) is 100 Å². The predicted molar refractivity (Wildman–Crippen MR) is 65.2 cm³/mol. The quantitative estimate of drug-likeness (QED) is 0.659. The van der Waals surface area contributed by atoms with E-state index in [4.69, 9.17) is 10.2 Å². The lowest BCUT2D eigenvalue weighted by atomic mass is 10.3. The van der Waals surface area contributed by atoms with Gasteiger partial charge < -0.3 is 10.2 Å². The van der Waals surface area contributed by atoms with Gasteiger partial charge in [-0.25, -0.2) is 4.68 Å². The minimum atomic E-state index is -0.520. The van der Waals surface area contributed by atoms with Gasteiger partial charge in [-0.2, -0.15) is 5.10 Å². The third kappa shape index (κ3) is 2.06. The molecule has 0 aromatic carbocycles. The molecule has 2 aromatic heterocycles. The van der Waals surface area contributed by atoms with E-state index in [0.29, 0.717) is 18.0 Å². The molecule has 18 heavy (non-hydrogen) atoms. The van der Waals surface area contributed by atoms with Crippen molar-refractivity contribution >= 4 is 11.5 Å². The number of aryl methyl sites for hydroxylation is 2. The number of hydrogen-bond donors (Lipinski definition) is 1. The number of nitro groups is 1. The minimum absolute atomic E-state index is 0.0481. The fraction of sp³-hybridized carbons (Fsp3) is 0.364. The van der Waals surface area contributed by atoms with Gasteiger partial charge in [-0.3, -0.25) is 10.1 Å². The van der Waals surface area contributed by atoms with E-state index in [1.807, 2.05) is 19.1 Å². The van der Waals surface area contributed by atoms with Crippen molar-refractivity contribution in [1.29, 1.82) is 0 Å². The molecule has 0 bridgehead atoms. The molecule has 0 amide bonds. The molecule has 96 valence electrons. The Morgan fingerprint density at radius 1 is 1.50 bits per heavy atom. The molecule has 0 unspecified atom stereocenters. The van der Waals surface area contributed by atoms with Crippen LogP contribution in [0.1, 0.15) is 24.1 Å². The van der Waals surface area contributed by atoms with Crippen molar-refractivity contribution in [3.8, 4) is 0 Å². The molecule has 2 aromatic rings. The van der Waals surface area contributed by atoms with Gasteiger partial charge in [-0.1, -0.05) is 6.92 Å². The molecule has 0 aliphatic carbocycles.